The van der Waals surface area contributed by atoms with E-state index < -0.39 is 0 Å². The molecule has 0 fully saturated rings. The van der Waals surface area contributed by atoms with Crippen LogP contribution in [0.3, 0.4) is 0 Å². The van der Waals surface area contributed by atoms with Gasteiger partial charge in [-0.25, -0.2) is 4.98 Å². The molecule has 0 radical (unpaired) electrons. The first kappa shape index (κ1) is 10.5. The maximum absolute atomic E-state index is 5.80. The van der Waals surface area contributed by atoms with Crippen molar-refractivity contribution in [2.75, 3.05) is 0 Å². The summed E-state index contributed by atoms with van der Waals surface area (Å²) in [7, 11) is 0. The molecule has 0 saturated carbocycles. The zero-order valence-electron chi connectivity index (χ0n) is 9.49. The van der Waals surface area contributed by atoms with Crippen LogP contribution in [0.5, 0.6) is 0 Å². The van der Waals surface area contributed by atoms with Gasteiger partial charge in [0, 0.05) is 6.20 Å². The van der Waals surface area contributed by atoms with Gasteiger partial charge >= 0.3 is 6.01 Å². The van der Waals surface area contributed by atoms with E-state index in [0.717, 1.165) is 10.9 Å². The lowest BCUT2D eigenvalue weighted by Crippen LogP contribution is -1.98. The third-order valence-corrected chi connectivity index (χ3v) is 2.93. The summed E-state index contributed by atoms with van der Waals surface area (Å²) in [4.78, 5) is 12.4. The molecule has 6 nitrogen and oxygen atoms in total. The molecule has 0 bridgehead atoms. The van der Waals surface area contributed by atoms with E-state index in [0.29, 0.717) is 17.2 Å². The van der Waals surface area contributed by atoms with E-state index in [4.69, 9.17) is 16.0 Å². The van der Waals surface area contributed by atoms with Crippen LogP contribution in [0.4, 0.5) is 0 Å². The van der Waals surface area contributed by atoms with E-state index in [1.165, 1.54) is 4.68 Å². The third kappa shape index (κ3) is 1.57. The number of aromatic nitrogens is 5. The first-order valence-electron chi connectivity index (χ1n) is 5.53. The summed E-state index contributed by atoms with van der Waals surface area (Å²) in [6.45, 7) is 0. The van der Waals surface area contributed by atoms with Gasteiger partial charge < -0.3 is 4.42 Å². The molecule has 0 aliphatic rings. The van der Waals surface area contributed by atoms with Gasteiger partial charge in [-0.05, 0) is 23.7 Å². The maximum atomic E-state index is 5.80. The Labute approximate surface area is 111 Å². The van der Waals surface area contributed by atoms with Gasteiger partial charge in [-0.3, -0.25) is 0 Å². The Balaban J connectivity index is 2.00. The van der Waals surface area contributed by atoms with E-state index >= 15 is 0 Å². The molecular formula is C12H6ClN5O. The minimum atomic E-state index is 0.158. The number of para-hydroxylation sites is 2. The third-order valence-electron chi connectivity index (χ3n) is 2.74. The molecule has 7 heteroatoms. The average molecular weight is 272 g/mol. The molecule has 0 amide bonds. The Hall–Kier alpha value is -2.47. The standard InChI is InChI=1S/C12H6ClN5O/c13-11-14-5-7-6-15-18(10(7)17-11)12-16-8-3-1-2-4-9(8)19-12/h1-6H. The fraction of sp³-hybridized carbons (Fsp3) is 0. The lowest BCUT2D eigenvalue weighted by molar-refractivity contribution is 0.548. The quantitative estimate of drug-likeness (QED) is 0.498. The van der Waals surface area contributed by atoms with Crippen molar-refractivity contribution in [1.29, 1.82) is 0 Å². The smallest absolute Gasteiger partial charge is 0.325 e. The van der Waals surface area contributed by atoms with E-state index in [9.17, 15) is 0 Å². The largest absolute Gasteiger partial charge is 0.422 e. The first-order valence-corrected chi connectivity index (χ1v) is 5.91. The summed E-state index contributed by atoms with van der Waals surface area (Å²) in [6.07, 6.45) is 3.25. The maximum Gasteiger partial charge on any atom is 0.325 e. The zero-order chi connectivity index (χ0) is 12.8. The Bertz CT molecular complexity index is 864. The van der Waals surface area contributed by atoms with Gasteiger partial charge in [-0.1, -0.05) is 12.1 Å². The fourth-order valence-corrected chi connectivity index (χ4v) is 2.02. The van der Waals surface area contributed by atoms with Crippen LogP contribution in [0.25, 0.3) is 28.1 Å². The molecule has 0 aliphatic heterocycles. The fourth-order valence-electron chi connectivity index (χ4n) is 1.89. The van der Waals surface area contributed by atoms with E-state index in [1.807, 2.05) is 24.3 Å². The van der Waals surface area contributed by atoms with Crippen molar-refractivity contribution in [2.24, 2.45) is 0 Å². The molecule has 0 atom stereocenters. The minimum Gasteiger partial charge on any atom is -0.422 e. The van der Waals surface area contributed by atoms with Gasteiger partial charge in [-0.2, -0.15) is 19.7 Å². The molecule has 0 aliphatic carbocycles. The Morgan fingerprint density at radius 2 is 2.00 bits per heavy atom. The van der Waals surface area contributed by atoms with Crippen molar-refractivity contribution >= 4 is 33.7 Å². The van der Waals surface area contributed by atoms with Crippen LogP contribution in [-0.2, 0) is 0 Å². The first-order chi connectivity index (χ1) is 9.31. The summed E-state index contributed by atoms with van der Waals surface area (Å²) in [6, 6.07) is 7.85. The SMILES string of the molecule is Clc1ncc2cnn(-c3nc4ccccc4o3)c2n1. The molecule has 4 aromatic rings. The van der Waals surface area contributed by atoms with E-state index in [2.05, 4.69) is 20.1 Å². The van der Waals surface area contributed by atoms with Crippen LogP contribution in [0.15, 0.2) is 41.1 Å². The number of benzene rings is 1. The number of oxazole rings is 1. The van der Waals surface area contributed by atoms with Crippen molar-refractivity contribution in [3.05, 3.63) is 41.9 Å². The lowest BCUT2D eigenvalue weighted by Gasteiger charge is -1.95. The molecule has 0 N–H and O–H groups in total. The summed E-state index contributed by atoms with van der Waals surface area (Å²) < 4.78 is 7.15. The molecule has 0 unspecified atom stereocenters. The normalized spacial score (nSPS) is 11.4. The van der Waals surface area contributed by atoms with Gasteiger partial charge in [0.1, 0.15) is 5.52 Å². The molecule has 3 aromatic heterocycles. The number of halogens is 1. The molecule has 1 aromatic carbocycles. The monoisotopic (exact) mass is 271 g/mol. The van der Waals surface area contributed by atoms with Crippen molar-refractivity contribution in [3.8, 4) is 6.01 Å². The van der Waals surface area contributed by atoms with Crippen LogP contribution in [0.1, 0.15) is 0 Å². The Kier molecular flexibility index (Phi) is 2.07. The van der Waals surface area contributed by atoms with Gasteiger partial charge in [0.05, 0.1) is 11.6 Å². The van der Waals surface area contributed by atoms with E-state index in [-0.39, 0.29) is 5.28 Å². The van der Waals surface area contributed by atoms with Crippen molar-refractivity contribution in [1.82, 2.24) is 24.7 Å². The summed E-state index contributed by atoms with van der Waals surface area (Å²) >= 11 is 5.80. The van der Waals surface area contributed by atoms with Crippen molar-refractivity contribution < 1.29 is 4.42 Å². The average Bonchev–Trinajstić information content (AvgIpc) is 3.00. The second-order valence-electron chi connectivity index (χ2n) is 3.94. The molecule has 3 heterocycles. The molecule has 92 valence electrons. The highest BCUT2D eigenvalue weighted by atomic mass is 35.5. The van der Waals surface area contributed by atoms with Crippen LogP contribution in [0, 0.1) is 0 Å². The second kappa shape index (κ2) is 3.76. The van der Waals surface area contributed by atoms with Crippen LogP contribution in [0.2, 0.25) is 5.28 Å². The van der Waals surface area contributed by atoms with Crippen molar-refractivity contribution in [2.45, 2.75) is 0 Å². The number of fused-ring (bicyclic) bond motifs is 2. The highest BCUT2D eigenvalue weighted by Gasteiger charge is 2.13. The number of hydrogen-bond donors (Lipinski definition) is 0. The minimum absolute atomic E-state index is 0.158. The van der Waals surface area contributed by atoms with Crippen LogP contribution < -0.4 is 0 Å². The molecule has 0 saturated heterocycles. The number of nitrogens with zero attached hydrogens (tertiary/aromatic N) is 5. The molecule has 0 spiro atoms. The van der Waals surface area contributed by atoms with Crippen molar-refractivity contribution in [3.63, 3.8) is 0 Å². The Morgan fingerprint density at radius 3 is 2.89 bits per heavy atom. The number of hydrogen-bond acceptors (Lipinski definition) is 5. The Morgan fingerprint density at radius 1 is 1.11 bits per heavy atom. The second-order valence-corrected chi connectivity index (χ2v) is 4.28. The van der Waals surface area contributed by atoms with E-state index in [1.54, 1.807) is 12.4 Å². The zero-order valence-corrected chi connectivity index (χ0v) is 10.2. The summed E-state index contributed by atoms with van der Waals surface area (Å²) in [5, 5.41) is 5.13. The summed E-state index contributed by atoms with van der Waals surface area (Å²) in [5.74, 6) is 0. The van der Waals surface area contributed by atoms with Gasteiger partial charge in [0.15, 0.2) is 11.2 Å². The van der Waals surface area contributed by atoms with Gasteiger partial charge in [0.25, 0.3) is 0 Å². The highest BCUT2D eigenvalue weighted by molar-refractivity contribution is 6.28. The predicted octanol–water partition coefficient (Wildman–Crippen LogP) is 2.61. The predicted molar refractivity (Wildman–Crippen MR) is 69.2 cm³/mol. The molecular weight excluding hydrogens is 266 g/mol. The van der Waals surface area contributed by atoms with Gasteiger partial charge in [-0.15, -0.1) is 0 Å². The number of rotatable bonds is 1. The summed E-state index contributed by atoms with van der Waals surface area (Å²) in [5.41, 5.74) is 2.02. The highest BCUT2D eigenvalue weighted by Crippen LogP contribution is 2.21. The lowest BCUT2D eigenvalue weighted by atomic mass is 10.3. The topological polar surface area (TPSA) is 69.6 Å². The molecule has 4 rings (SSSR count). The van der Waals surface area contributed by atoms with Gasteiger partial charge in [0.2, 0.25) is 5.28 Å². The van der Waals surface area contributed by atoms with Crippen LogP contribution in [-0.4, -0.2) is 24.7 Å². The molecule has 19 heavy (non-hydrogen) atoms. The van der Waals surface area contributed by atoms with Crippen LogP contribution >= 0.6 is 11.6 Å².